The van der Waals surface area contributed by atoms with E-state index >= 15 is 0 Å². The van der Waals surface area contributed by atoms with E-state index in [0.29, 0.717) is 11.0 Å². The maximum atomic E-state index is 12.5. The van der Waals surface area contributed by atoms with Gasteiger partial charge in [0.25, 0.3) is 0 Å². The van der Waals surface area contributed by atoms with Gasteiger partial charge in [-0.1, -0.05) is 6.07 Å². The van der Waals surface area contributed by atoms with Gasteiger partial charge in [0.1, 0.15) is 29.7 Å². The second-order valence-electron chi connectivity index (χ2n) is 4.72. The Hall–Kier alpha value is -3.38. The number of allylic oxidation sites excluding steroid dienone is 2. The number of nitrogens with two attached hydrogens (primary N) is 1. The summed E-state index contributed by atoms with van der Waals surface area (Å²) in [7, 11) is 0. The summed E-state index contributed by atoms with van der Waals surface area (Å²) in [6.45, 7) is 3.73. The monoisotopic (exact) mass is 292 g/mol. The van der Waals surface area contributed by atoms with Crippen molar-refractivity contribution in [2.45, 2.75) is 13.8 Å². The summed E-state index contributed by atoms with van der Waals surface area (Å²) >= 11 is 0. The Bertz CT molecular complexity index is 953. The summed E-state index contributed by atoms with van der Waals surface area (Å²) in [5.41, 5.74) is 6.99. The van der Waals surface area contributed by atoms with Crippen LogP contribution in [-0.2, 0) is 0 Å². The van der Waals surface area contributed by atoms with Gasteiger partial charge in [0.05, 0.1) is 10.9 Å². The molecule has 1 aromatic carbocycles. The Kier molecular flexibility index (Phi) is 4.06. The van der Waals surface area contributed by atoms with E-state index in [9.17, 15) is 4.79 Å². The highest BCUT2D eigenvalue weighted by molar-refractivity contribution is 5.88. The summed E-state index contributed by atoms with van der Waals surface area (Å²) in [5, 5.41) is 18.0. The van der Waals surface area contributed by atoms with E-state index in [0.717, 1.165) is 11.1 Å². The van der Waals surface area contributed by atoms with Gasteiger partial charge >= 0.3 is 0 Å². The Morgan fingerprint density at radius 3 is 2.68 bits per heavy atom. The number of hydrogen-bond donors (Lipinski definition) is 1. The molecule has 2 aromatic rings. The molecule has 22 heavy (non-hydrogen) atoms. The van der Waals surface area contributed by atoms with Gasteiger partial charge in [-0.25, -0.2) is 4.99 Å². The number of benzene rings is 1. The summed E-state index contributed by atoms with van der Waals surface area (Å²) in [6.07, 6.45) is 2.44. The highest BCUT2D eigenvalue weighted by Gasteiger charge is 2.09. The number of rotatable bonds is 2. The molecule has 1 aromatic heterocycles. The maximum absolute atomic E-state index is 12.5. The normalized spacial score (nSPS) is 12.0. The molecule has 1 heterocycles. The largest absolute Gasteiger partial charge is 0.463 e. The van der Waals surface area contributed by atoms with Crippen LogP contribution in [0.3, 0.4) is 0 Å². The molecule has 6 heteroatoms. The smallest absolute Gasteiger partial charge is 0.201 e. The molecule has 2 N–H and O–H groups in total. The molecule has 0 amide bonds. The average molecular weight is 292 g/mol. The molecule has 0 aliphatic heterocycles. The SMILES string of the molecule is Cc1cc(C)c2c(=O)c(C=N/C(C#N)=C(\N)C#N)coc2c1. The van der Waals surface area contributed by atoms with Crippen LogP contribution in [0.5, 0.6) is 0 Å². The van der Waals surface area contributed by atoms with E-state index in [1.54, 1.807) is 18.2 Å². The van der Waals surface area contributed by atoms with Gasteiger partial charge in [-0.15, -0.1) is 0 Å². The van der Waals surface area contributed by atoms with Crippen LogP contribution in [0.1, 0.15) is 16.7 Å². The zero-order valence-corrected chi connectivity index (χ0v) is 12.0. The molecule has 0 bridgehead atoms. The van der Waals surface area contributed by atoms with E-state index < -0.39 is 0 Å². The van der Waals surface area contributed by atoms with Crippen LogP contribution < -0.4 is 11.2 Å². The summed E-state index contributed by atoms with van der Waals surface area (Å²) in [4.78, 5) is 16.2. The third kappa shape index (κ3) is 2.72. The van der Waals surface area contributed by atoms with Crippen molar-refractivity contribution in [3.05, 3.63) is 56.7 Å². The summed E-state index contributed by atoms with van der Waals surface area (Å²) in [6, 6.07) is 6.99. The van der Waals surface area contributed by atoms with Crippen molar-refractivity contribution in [2.75, 3.05) is 0 Å². The van der Waals surface area contributed by atoms with E-state index in [1.165, 1.54) is 12.5 Å². The fourth-order valence-corrected chi connectivity index (χ4v) is 2.07. The molecule has 0 saturated carbocycles. The van der Waals surface area contributed by atoms with Crippen molar-refractivity contribution in [1.29, 1.82) is 10.5 Å². The first-order chi connectivity index (χ1) is 10.5. The molecule has 6 nitrogen and oxygen atoms in total. The highest BCUT2D eigenvalue weighted by Crippen LogP contribution is 2.17. The lowest BCUT2D eigenvalue weighted by Gasteiger charge is -2.03. The Labute approximate surface area is 126 Å². The number of aliphatic imine (C=N–C) groups is 1. The molecule has 0 aliphatic carbocycles. The van der Waals surface area contributed by atoms with Crippen molar-refractivity contribution in [3.8, 4) is 12.1 Å². The molecule has 0 spiro atoms. The second-order valence-corrected chi connectivity index (χ2v) is 4.72. The predicted octanol–water partition coefficient (Wildman–Crippen LogP) is 2.05. The Balaban J connectivity index is 2.61. The van der Waals surface area contributed by atoms with E-state index in [2.05, 4.69) is 4.99 Å². The van der Waals surface area contributed by atoms with Gasteiger partial charge in [-0.05, 0) is 31.0 Å². The fourth-order valence-electron chi connectivity index (χ4n) is 2.07. The zero-order valence-electron chi connectivity index (χ0n) is 12.0. The lowest BCUT2D eigenvalue weighted by Crippen LogP contribution is -2.10. The van der Waals surface area contributed by atoms with Crippen LogP contribution in [-0.4, -0.2) is 6.21 Å². The topological polar surface area (TPSA) is 116 Å². The molecule has 0 fully saturated rings. The number of nitrogens with zero attached hydrogens (tertiary/aromatic N) is 3. The number of aryl methyl sites for hydroxylation is 2. The van der Waals surface area contributed by atoms with Gasteiger partial charge in [-0.3, -0.25) is 4.79 Å². The molecule has 0 saturated heterocycles. The Morgan fingerprint density at radius 2 is 2.05 bits per heavy atom. The van der Waals surface area contributed by atoms with Crippen molar-refractivity contribution in [1.82, 2.24) is 0 Å². The van der Waals surface area contributed by atoms with Crippen LogP contribution in [0, 0.1) is 36.5 Å². The number of fused-ring (bicyclic) bond motifs is 1. The van der Waals surface area contributed by atoms with Gasteiger partial charge in [0.2, 0.25) is 5.43 Å². The van der Waals surface area contributed by atoms with Gasteiger partial charge < -0.3 is 10.2 Å². The van der Waals surface area contributed by atoms with E-state index in [4.69, 9.17) is 20.7 Å². The first-order valence-corrected chi connectivity index (χ1v) is 6.34. The molecule has 0 radical (unpaired) electrons. The maximum Gasteiger partial charge on any atom is 0.201 e. The molecular weight excluding hydrogens is 280 g/mol. The minimum absolute atomic E-state index is 0.179. The van der Waals surface area contributed by atoms with Crippen LogP contribution in [0.2, 0.25) is 0 Å². The summed E-state index contributed by atoms with van der Waals surface area (Å²) < 4.78 is 5.45. The first kappa shape index (κ1) is 15.0. The molecule has 0 unspecified atom stereocenters. The quantitative estimate of drug-likeness (QED) is 0.671. The standard InChI is InChI=1S/C16H12N4O2/c1-9-3-10(2)15-14(4-9)22-8-11(16(15)21)7-20-13(6-18)12(19)5-17/h3-4,7-8H,19H2,1-2H3/b13-12-,20-7?. The van der Waals surface area contributed by atoms with Crippen LogP contribution in [0.25, 0.3) is 11.0 Å². The first-order valence-electron chi connectivity index (χ1n) is 6.34. The van der Waals surface area contributed by atoms with E-state index in [-0.39, 0.29) is 22.4 Å². The lowest BCUT2D eigenvalue weighted by atomic mass is 10.1. The van der Waals surface area contributed by atoms with Gasteiger partial charge in [-0.2, -0.15) is 10.5 Å². The fraction of sp³-hybridized carbons (Fsp3) is 0.125. The Morgan fingerprint density at radius 1 is 1.32 bits per heavy atom. The minimum Gasteiger partial charge on any atom is -0.463 e. The minimum atomic E-state index is -0.310. The van der Waals surface area contributed by atoms with Crippen molar-refractivity contribution in [2.24, 2.45) is 10.7 Å². The van der Waals surface area contributed by atoms with Crippen LogP contribution in [0.15, 0.2) is 44.0 Å². The van der Waals surface area contributed by atoms with Crippen molar-refractivity contribution in [3.63, 3.8) is 0 Å². The summed E-state index contributed by atoms with van der Waals surface area (Å²) in [5.74, 6) is 0. The molecule has 108 valence electrons. The van der Waals surface area contributed by atoms with Crippen molar-refractivity contribution < 1.29 is 4.42 Å². The number of nitriles is 2. The number of hydrogen-bond acceptors (Lipinski definition) is 6. The van der Waals surface area contributed by atoms with Crippen molar-refractivity contribution >= 4 is 17.2 Å². The molecule has 0 aliphatic rings. The van der Waals surface area contributed by atoms with Crippen LogP contribution in [0.4, 0.5) is 0 Å². The lowest BCUT2D eigenvalue weighted by molar-refractivity contribution is 0.601. The predicted molar refractivity (Wildman–Crippen MR) is 82.0 cm³/mol. The van der Waals surface area contributed by atoms with Gasteiger partial charge in [0, 0.05) is 6.21 Å². The van der Waals surface area contributed by atoms with Crippen LogP contribution >= 0.6 is 0 Å². The third-order valence-corrected chi connectivity index (χ3v) is 3.06. The second kappa shape index (κ2) is 5.94. The zero-order chi connectivity index (χ0) is 16.3. The molecule has 0 atom stereocenters. The third-order valence-electron chi connectivity index (χ3n) is 3.06. The highest BCUT2D eigenvalue weighted by atomic mass is 16.3. The van der Waals surface area contributed by atoms with Gasteiger partial charge in [0.15, 0.2) is 5.70 Å². The van der Waals surface area contributed by atoms with E-state index in [1.807, 2.05) is 19.9 Å². The molecular formula is C16H12N4O2. The molecule has 2 rings (SSSR count). The average Bonchev–Trinajstić information content (AvgIpc) is 2.48.